The highest BCUT2D eigenvalue weighted by molar-refractivity contribution is 5.98. The van der Waals surface area contributed by atoms with Crippen molar-refractivity contribution in [3.63, 3.8) is 0 Å². The Balaban J connectivity index is 2.10. The molecule has 1 aliphatic carbocycles. The maximum Gasteiger partial charge on any atom is 0.379 e. The molecule has 23 heavy (non-hydrogen) atoms. The summed E-state index contributed by atoms with van der Waals surface area (Å²) in [5, 5.41) is 10.6. The largest absolute Gasteiger partial charge is 0.464 e. The third kappa shape index (κ3) is 2.77. The molecule has 0 saturated heterocycles. The number of carbonyl (C=O) groups is 2. The summed E-state index contributed by atoms with van der Waals surface area (Å²) in [6.45, 7) is 1.97. The minimum Gasteiger partial charge on any atom is -0.464 e. The Kier molecular flexibility index (Phi) is 3.98. The molecule has 1 aromatic rings. The van der Waals surface area contributed by atoms with Crippen LogP contribution in [0.3, 0.4) is 0 Å². The Morgan fingerprint density at radius 1 is 1.39 bits per heavy atom. The van der Waals surface area contributed by atoms with Gasteiger partial charge in [-0.1, -0.05) is 29.8 Å². The number of rotatable bonds is 2. The van der Waals surface area contributed by atoms with Gasteiger partial charge in [0, 0.05) is 30.8 Å². The predicted octanol–water partition coefficient (Wildman–Crippen LogP) is 2.37. The summed E-state index contributed by atoms with van der Waals surface area (Å²) in [5.41, 5.74) is 2.55. The zero-order valence-corrected chi connectivity index (χ0v) is 13.3. The van der Waals surface area contributed by atoms with E-state index < -0.39 is 11.8 Å². The SMILES string of the molecule is COC(=O)C1(O)C[C@H](c2cccc(C)c2)C2=C(CCCC2=O)O1. The molecule has 1 heterocycles. The fraction of sp³-hybridized carbons (Fsp3) is 0.444. The first-order valence-electron chi connectivity index (χ1n) is 7.77. The van der Waals surface area contributed by atoms with Gasteiger partial charge in [0.2, 0.25) is 0 Å². The summed E-state index contributed by atoms with van der Waals surface area (Å²) in [7, 11) is 1.21. The molecule has 5 heteroatoms. The molecule has 0 saturated carbocycles. The van der Waals surface area contributed by atoms with Crippen molar-refractivity contribution < 1.29 is 24.2 Å². The molecule has 0 fully saturated rings. The summed E-state index contributed by atoms with van der Waals surface area (Å²) < 4.78 is 10.2. The third-order valence-corrected chi connectivity index (χ3v) is 4.48. The second-order valence-corrected chi connectivity index (χ2v) is 6.16. The summed E-state index contributed by atoms with van der Waals surface area (Å²) in [6.07, 6.45) is 1.66. The van der Waals surface area contributed by atoms with Gasteiger partial charge in [-0.15, -0.1) is 0 Å². The molecule has 2 atom stereocenters. The van der Waals surface area contributed by atoms with Gasteiger partial charge >= 0.3 is 11.8 Å². The van der Waals surface area contributed by atoms with E-state index in [-0.39, 0.29) is 18.1 Å². The molecular formula is C18H20O5. The minimum atomic E-state index is -2.04. The van der Waals surface area contributed by atoms with Gasteiger partial charge in [-0.05, 0) is 18.9 Å². The van der Waals surface area contributed by atoms with Crippen LogP contribution in [0.5, 0.6) is 0 Å². The van der Waals surface area contributed by atoms with Crippen LogP contribution in [0.4, 0.5) is 0 Å². The second kappa shape index (κ2) is 5.81. The molecule has 0 bridgehead atoms. The van der Waals surface area contributed by atoms with E-state index in [9.17, 15) is 14.7 Å². The average Bonchev–Trinajstić information content (AvgIpc) is 2.53. The number of Topliss-reactive ketones (excluding diaryl/α,β-unsaturated/α-hetero) is 1. The van der Waals surface area contributed by atoms with Crippen LogP contribution in [0.1, 0.15) is 42.7 Å². The Hall–Kier alpha value is -2.14. The number of aryl methyl sites for hydroxylation is 1. The first-order valence-corrected chi connectivity index (χ1v) is 7.77. The number of benzene rings is 1. The summed E-state index contributed by atoms with van der Waals surface area (Å²) in [6, 6.07) is 7.76. The number of carbonyl (C=O) groups excluding carboxylic acids is 2. The standard InChI is InChI=1S/C18H20O5/c1-11-5-3-6-12(9-11)13-10-18(21,17(20)22-2)23-15-8-4-7-14(19)16(13)15/h3,5-6,9,13,21H,4,7-8,10H2,1-2H3/t13-,18?/m1/s1. The molecule has 0 spiro atoms. The number of ketones is 1. The molecule has 3 rings (SSSR count). The maximum atomic E-state index is 12.4. The summed E-state index contributed by atoms with van der Waals surface area (Å²) in [4.78, 5) is 24.4. The molecule has 122 valence electrons. The summed E-state index contributed by atoms with van der Waals surface area (Å²) in [5.74, 6) is -2.79. The van der Waals surface area contributed by atoms with E-state index in [1.54, 1.807) is 0 Å². The van der Waals surface area contributed by atoms with E-state index >= 15 is 0 Å². The number of hydrogen-bond donors (Lipinski definition) is 1. The Morgan fingerprint density at radius 3 is 2.87 bits per heavy atom. The molecule has 0 radical (unpaired) electrons. The zero-order chi connectivity index (χ0) is 16.6. The van der Waals surface area contributed by atoms with Crippen molar-refractivity contribution >= 4 is 11.8 Å². The van der Waals surface area contributed by atoms with Gasteiger partial charge in [0.05, 0.1) is 7.11 Å². The van der Waals surface area contributed by atoms with Crippen LogP contribution < -0.4 is 0 Å². The Bertz CT molecular complexity index is 690. The van der Waals surface area contributed by atoms with E-state index in [0.717, 1.165) is 11.1 Å². The fourth-order valence-electron chi connectivity index (χ4n) is 3.41. The van der Waals surface area contributed by atoms with Crippen LogP contribution in [0.2, 0.25) is 0 Å². The lowest BCUT2D eigenvalue weighted by Crippen LogP contribution is -2.47. The number of methoxy groups -OCH3 is 1. The van der Waals surface area contributed by atoms with Crippen LogP contribution in [0, 0.1) is 6.92 Å². The van der Waals surface area contributed by atoms with E-state index in [1.165, 1.54) is 7.11 Å². The lowest BCUT2D eigenvalue weighted by Gasteiger charge is -2.39. The normalized spacial score (nSPS) is 27.3. The van der Waals surface area contributed by atoms with E-state index in [1.807, 2.05) is 31.2 Å². The highest BCUT2D eigenvalue weighted by Gasteiger charge is 2.50. The first-order chi connectivity index (χ1) is 10.9. The monoisotopic (exact) mass is 316 g/mol. The van der Waals surface area contributed by atoms with Gasteiger partial charge in [-0.2, -0.15) is 0 Å². The predicted molar refractivity (Wildman–Crippen MR) is 82.5 cm³/mol. The first kappa shape index (κ1) is 15.7. The third-order valence-electron chi connectivity index (χ3n) is 4.48. The second-order valence-electron chi connectivity index (χ2n) is 6.16. The van der Waals surface area contributed by atoms with Gasteiger partial charge in [-0.25, -0.2) is 4.79 Å². The van der Waals surface area contributed by atoms with Gasteiger partial charge in [0.25, 0.3) is 0 Å². The van der Waals surface area contributed by atoms with Gasteiger partial charge in [0.1, 0.15) is 5.76 Å². The van der Waals surface area contributed by atoms with Crippen molar-refractivity contribution in [3.8, 4) is 0 Å². The van der Waals surface area contributed by atoms with Gasteiger partial charge in [0.15, 0.2) is 5.78 Å². The van der Waals surface area contributed by atoms with Crippen molar-refractivity contribution in [3.05, 3.63) is 46.7 Å². The van der Waals surface area contributed by atoms with Crippen molar-refractivity contribution in [2.45, 2.75) is 44.3 Å². The van der Waals surface area contributed by atoms with Crippen LogP contribution in [-0.2, 0) is 19.1 Å². The van der Waals surface area contributed by atoms with Crippen LogP contribution in [0.25, 0.3) is 0 Å². The van der Waals surface area contributed by atoms with Crippen LogP contribution in [-0.4, -0.2) is 29.8 Å². The molecule has 0 amide bonds. The molecule has 5 nitrogen and oxygen atoms in total. The number of aliphatic hydroxyl groups is 1. The number of hydrogen-bond acceptors (Lipinski definition) is 5. The van der Waals surface area contributed by atoms with E-state index in [4.69, 9.17) is 4.74 Å². The smallest absolute Gasteiger partial charge is 0.379 e. The molecule has 1 N–H and O–H groups in total. The van der Waals surface area contributed by atoms with E-state index in [2.05, 4.69) is 4.74 Å². The topological polar surface area (TPSA) is 72.8 Å². The molecule has 1 unspecified atom stereocenters. The number of allylic oxidation sites excluding steroid dienone is 2. The maximum absolute atomic E-state index is 12.4. The lowest BCUT2D eigenvalue weighted by molar-refractivity contribution is -0.222. The Labute approximate surface area is 134 Å². The van der Waals surface area contributed by atoms with E-state index in [0.29, 0.717) is 30.6 Å². The molecule has 2 aliphatic rings. The van der Waals surface area contributed by atoms with Gasteiger partial charge < -0.3 is 14.6 Å². The van der Waals surface area contributed by atoms with Crippen molar-refractivity contribution in [1.82, 2.24) is 0 Å². The molecular weight excluding hydrogens is 296 g/mol. The van der Waals surface area contributed by atoms with Crippen LogP contribution >= 0.6 is 0 Å². The van der Waals surface area contributed by atoms with Crippen molar-refractivity contribution in [2.75, 3.05) is 7.11 Å². The van der Waals surface area contributed by atoms with Gasteiger partial charge in [-0.3, -0.25) is 4.79 Å². The summed E-state index contributed by atoms with van der Waals surface area (Å²) >= 11 is 0. The Morgan fingerprint density at radius 2 is 2.17 bits per heavy atom. The highest BCUT2D eigenvalue weighted by Crippen LogP contribution is 2.45. The number of esters is 1. The molecule has 1 aliphatic heterocycles. The molecule has 0 aromatic heterocycles. The highest BCUT2D eigenvalue weighted by atomic mass is 16.7. The van der Waals surface area contributed by atoms with Crippen molar-refractivity contribution in [1.29, 1.82) is 0 Å². The minimum absolute atomic E-state index is 0.0201. The van der Waals surface area contributed by atoms with Crippen molar-refractivity contribution in [2.24, 2.45) is 0 Å². The van der Waals surface area contributed by atoms with Crippen LogP contribution in [0.15, 0.2) is 35.6 Å². The zero-order valence-electron chi connectivity index (χ0n) is 13.3. The lowest BCUT2D eigenvalue weighted by atomic mass is 9.77. The average molecular weight is 316 g/mol. The quantitative estimate of drug-likeness (QED) is 0.848. The number of ether oxygens (including phenoxy) is 2. The molecule has 1 aromatic carbocycles. The fourth-order valence-corrected chi connectivity index (χ4v) is 3.41.